The van der Waals surface area contributed by atoms with E-state index in [1.807, 2.05) is 0 Å². The molecule has 0 aliphatic carbocycles. The molecule has 2 aliphatic heterocycles. The number of carboxylic acids is 1. The fourth-order valence-corrected chi connectivity index (χ4v) is 7.06. The van der Waals surface area contributed by atoms with E-state index >= 15 is 0 Å². The highest BCUT2D eigenvalue weighted by atomic mass is 35.5. The van der Waals surface area contributed by atoms with E-state index in [0.29, 0.717) is 31.9 Å². The lowest BCUT2D eigenvalue weighted by atomic mass is 9.83. The number of amides is 3. The number of aromatic amines is 1. The molecule has 0 radical (unpaired) electrons. The smallest absolute Gasteiger partial charge is 0.323 e. The van der Waals surface area contributed by atoms with Gasteiger partial charge in [-0.05, 0) is 42.0 Å². The number of aliphatic carboxylic acids is 1. The van der Waals surface area contributed by atoms with Crippen LogP contribution in [0.2, 0.25) is 5.02 Å². The highest BCUT2D eigenvalue weighted by molar-refractivity contribution is 8.00. The number of carboxylic acid groups (broad SMARTS) is 1. The molecule has 3 atom stereocenters. The Morgan fingerprint density at radius 2 is 1.86 bits per heavy atom. The highest BCUT2D eigenvalue weighted by Crippen LogP contribution is 2.52. The summed E-state index contributed by atoms with van der Waals surface area (Å²) >= 11 is 7.87. The monoisotopic (exact) mass is 559 g/mol. The van der Waals surface area contributed by atoms with Crippen molar-refractivity contribution in [3.8, 4) is 5.75 Å². The van der Waals surface area contributed by atoms with Crippen LogP contribution in [0.25, 0.3) is 0 Å². The number of carbonyl (C=O) groups excluding carboxylic acids is 3. The normalized spacial score (nSPS) is 20.4. The van der Waals surface area contributed by atoms with Crippen molar-refractivity contribution in [3.63, 3.8) is 0 Å². The molecule has 3 heterocycles. The molecule has 2 aliphatic rings. The van der Waals surface area contributed by atoms with Crippen molar-refractivity contribution in [2.75, 3.05) is 18.5 Å². The van der Waals surface area contributed by atoms with Crippen LogP contribution in [-0.2, 0) is 19.2 Å². The average molecular weight is 560 g/mol. The number of anilines is 1. The number of hydrogen-bond acceptors (Lipinski definition) is 8. The molecule has 3 N–H and O–H groups in total. The van der Waals surface area contributed by atoms with E-state index in [1.165, 1.54) is 0 Å². The second-order valence-electron chi connectivity index (χ2n) is 8.32. The standard InChI is InChI=1S/C24H18ClN3O7S2/c25-12-4-6-13(7-5-12)26-15(29)10-35-14-3-1-2-11(8-14)17-18-20(36-21-19(17)37-24(34)27-21)23(33)28(22(18)32)9-16(30)31/h1-8,17-18,20H,9-10H2,(H,26,29)(H,27,34)(H,30,31)/t17-,18+,20-/m0/s1. The van der Waals surface area contributed by atoms with Gasteiger partial charge in [-0.3, -0.25) is 28.9 Å². The Kier molecular flexibility index (Phi) is 6.80. The van der Waals surface area contributed by atoms with Crippen molar-refractivity contribution in [3.05, 3.63) is 73.7 Å². The van der Waals surface area contributed by atoms with E-state index in [4.69, 9.17) is 16.3 Å². The molecule has 1 saturated heterocycles. The van der Waals surface area contributed by atoms with Gasteiger partial charge in [0, 0.05) is 21.5 Å². The molecule has 2 aromatic carbocycles. The zero-order chi connectivity index (χ0) is 26.3. The van der Waals surface area contributed by atoms with Crippen LogP contribution < -0.4 is 14.9 Å². The number of thioether (sulfide) groups is 1. The summed E-state index contributed by atoms with van der Waals surface area (Å²) in [5.74, 6) is -4.11. The lowest BCUT2D eigenvalue weighted by molar-refractivity contribution is -0.149. The third-order valence-electron chi connectivity index (χ3n) is 5.92. The topological polar surface area (TPSA) is 146 Å². The van der Waals surface area contributed by atoms with E-state index in [-0.39, 0.29) is 11.5 Å². The number of benzene rings is 2. The van der Waals surface area contributed by atoms with Crippen molar-refractivity contribution in [2.24, 2.45) is 5.92 Å². The summed E-state index contributed by atoms with van der Waals surface area (Å²) in [4.78, 5) is 65.7. The first-order valence-electron chi connectivity index (χ1n) is 11.0. The van der Waals surface area contributed by atoms with Crippen LogP contribution in [0.4, 0.5) is 5.69 Å². The number of imide groups is 1. The maximum Gasteiger partial charge on any atom is 0.323 e. The van der Waals surface area contributed by atoms with Crippen LogP contribution in [0.15, 0.2) is 58.4 Å². The van der Waals surface area contributed by atoms with Gasteiger partial charge in [-0.1, -0.05) is 46.8 Å². The van der Waals surface area contributed by atoms with Crippen LogP contribution >= 0.6 is 34.7 Å². The predicted octanol–water partition coefficient (Wildman–Crippen LogP) is 2.78. The van der Waals surface area contributed by atoms with E-state index in [2.05, 4.69) is 10.3 Å². The number of H-pyrrole nitrogens is 1. The van der Waals surface area contributed by atoms with Gasteiger partial charge in [-0.25, -0.2) is 0 Å². The average Bonchev–Trinajstić information content (AvgIpc) is 3.34. The van der Waals surface area contributed by atoms with Gasteiger partial charge < -0.3 is 20.1 Å². The minimum Gasteiger partial charge on any atom is -0.484 e. The maximum absolute atomic E-state index is 13.2. The van der Waals surface area contributed by atoms with Crippen LogP contribution in [0, 0.1) is 5.92 Å². The molecule has 0 spiro atoms. The summed E-state index contributed by atoms with van der Waals surface area (Å²) in [5.41, 5.74) is 1.16. The quantitative estimate of drug-likeness (QED) is 0.375. The zero-order valence-electron chi connectivity index (χ0n) is 18.8. The zero-order valence-corrected chi connectivity index (χ0v) is 21.2. The molecule has 37 heavy (non-hydrogen) atoms. The number of likely N-dealkylation sites (tertiary alicyclic amines) is 1. The Labute approximate surface area is 222 Å². The first-order valence-corrected chi connectivity index (χ1v) is 13.0. The molecule has 3 amide bonds. The summed E-state index contributed by atoms with van der Waals surface area (Å²) in [6.45, 7) is -1.01. The van der Waals surface area contributed by atoms with Crippen LogP contribution in [-0.4, -0.2) is 57.1 Å². The Hall–Kier alpha value is -3.61. The summed E-state index contributed by atoms with van der Waals surface area (Å²) < 4.78 is 5.67. The van der Waals surface area contributed by atoms with Gasteiger partial charge in [0.05, 0.1) is 10.9 Å². The summed E-state index contributed by atoms with van der Waals surface area (Å²) in [6, 6.07) is 13.3. The lowest BCUT2D eigenvalue weighted by Gasteiger charge is -2.30. The van der Waals surface area contributed by atoms with Crippen LogP contribution in [0.3, 0.4) is 0 Å². The van der Waals surface area contributed by atoms with Crippen molar-refractivity contribution < 1.29 is 29.0 Å². The van der Waals surface area contributed by atoms with Gasteiger partial charge in [0.25, 0.3) is 5.91 Å². The van der Waals surface area contributed by atoms with Crippen molar-refractivity contribution in [1.29, 1.82) is 0 Å². The van der Waals surface area contributed by atoms with E-state index in [0.717, 1.165) is 28.0 Å². The number of carbonyl (C=O) groups is 4. The number of thiazole rings is 1. The first-order chi connectivity index (χ1) is 17.7. The number of nitrogens with one attached hydrogen (secondary N) is 2. The van der Waals surface area contributed by atoms with Gasteiger partial charge in [0.1, 0.15) is 17.5 Å². The van der Waals surface area contributed by atoms with Gasteiger partial charge in [0.15, 0.2) is 6.61 Å². The Bertz CT molecular complexity index is 1470. The van der Waals surface area contributed by atoms with Gasteiger partial charge in [-0.2, -0.15) is 0 Å². The predicted molar refractivity (Wildman–Crippen MR) is 136 cm³/mol. The number of nitrogens with zero attached hydrogens (tertiary/aromatic N) is 1. The third kappa shape index (κ3) is 4.99. The van der Waals surface area contributed by atoms with Crippen molar-refractivity contribution >= 4 is 64.1 Å². The Balaban J connectivity index is 1.40. The molecule has 13 heteroatoms. The Morgan fingerprint density at radius 3 is 2.59 bits per heavy atom. The molecular formula is C24H18ClN3O7S2. The SMILES string of the molecule is O=C(O)CN1C(=O)[C@@H]2[C@H](c3cccc(OCC(=O)Nc4ccc(Cl)cc4)c3)c3sc(=O)[nH]c3S[C@@H]2C1=O. The largest absolute Gasteiger partial charge is 0.484 e. The van der Waals surface area contributed by atoms with Crippen LogP contribution in [0.1, 0.15) is 16.4 Å². The molecule has 1 aromatic heterocycles. The van der Waals surface area contributed by atoms with E-state index in [9.17, 15) is 29.1 Å². The summed E-state index contributed by atoms with van der Waals surface area (Å²) in [6.07, 6.45) is 0. The molecular weight excluding hydrogens is 542 g/mol. The minimum absolute atomic E-state index is 0.287. The molecule has 1 fully saturated rings. The van der Waals surface area contributed by atoms with Crippen LogP contribution in [0.5, 0.6) is 5.75 Å². The first kappa shape index (κ1) is 25.1. The summed E-state index contributed by atoms with van der Waals surface area (Å²) in [7, 11) is 0. The number of fused-ring (bicyclic) bond motifs is 2. The molecule has 5 rings (SSSR count). The van der Waals surface area contributed by atoms with Crippen molar-refractivity contribution in [2.45, 2.75) is 16.2 Å². The number of rotatable bonds is 7. The van der Waals surface area contributed by atoms with Gasteiger partial charge >= 0.3 is 10.8 Å². The van der Waals surface area contributed by atoms with E-state index < -0.39 is 47.3 Å². The second kappa shape index (κ2) is 10.0. The Morgan fingerprint density at radius 1 is 1.11 bits per heavy atom. The highest BCUT2D eigenvalue weighted by Gasteiger charge is 2.56. The van der Waals surface area contributed by atoms with Crippen molar-refractivity contribution in [1.82, 2.24) is 9.88 Å². The summed E-state index contributed by atoms with van der Waals surface area (Å²) in [5, 5.41) is 12.0. The molecule has 190 valence electrons. The van der Waals surface area contributed by atoms with Gasteiger partial charge in [-0.15, -0.1) is 0 Å². The number of hydrogen-bond donors (Lipinski definition) is 3. The molecule has 10 nitrogen and oxygen atoms in total. The fourth-order valence-electron chi connectivity index (χ4n) is 4.40. The fraction of sp³-hybridized carbons (Fsp3) is 0.208. The molecule has 0 unspecified atom stereocenters. The lowest BCUT2D eigenvalue weighted by Crippen LogP contribution is -2.36. The maximum atomic E-state index is 13.2. The molecule has 3 aromatic rings. The molecule has 0 bridgehead atoms. The molecule has 0 saturated carbocycles. The number of aromatic nitrogens is 1. The number of ether oxygens (including phenoxy) is 1. The van der Waals surface area contributed by atoms with E-state index in [1.54, 1.807) is 48.5 Å². The van der Waals surface area contributed by atoms with Gasteiger partial charge in [0.2, 0.25) is 11.8 Å². The second-order valence-corrected chi connectivity index (χ2v) is 10.9. The minimum atomic E-state index is -1.29. The number of halogens is 1. The third-order valence-corrected chi connectivity index (χ3v) is 8.58.